The number of phenolic OH excluding ortho intramolecular Hbond substituents is 3. The highest BCUT2D eigenvalue weighted by Gasteiger charge is 2.16. The topological polar surface area (TPSA) is 60.7 Å². The first-order valence-corrected chi connectivity index (χ1v) is 13.3. The summed E-state index contributed by atoms with van der Waals surface area (Å²) in [6.07, 6.45) is 5.66. The van der Waals surface area contributed by atoms with Gasteiger partial charge in [0.2, 0.25) is 0 Å². The van der Waals surface area contributed by atoms with Gasteiger partial charge in [0.25, 0.3) is 0 Å². The maximum Gasteiger partial charge on any atom is 0.122 e. The van der Waals surface area contributed by atoms with Gasteiger partial charge in [-0.25, -0.2) is 0 Å². The molecule has 0 aromatic heterocycles. The van der Waals surface area contributed by atoms with Crippen LogP contribution in [0.2, 0.25) is 0 Å². The largest absolute Gasteiger partial charge is 0.508 e. The number of hydrogen-bond acceptors (Lipinski definition) is 3. The van der Waals surface area contributed by atoms with E-state index in [1.807, 2.05) is 59.7 Å². The van der Waals surface area contributed by atoms with E-state index in [0.29, 0.717) is 23.7 Å². The molecule has 3 nitrogen and oxygen atoms in total. The fourth-order valence-corrected chi connectivity index (χ4v) is 4.83. The Morgan fingerprint density at radius 3 is 1.89 bits per heavy atom. The summed E-state index contributed by atoms with van der Waals surface area (Å²) in [5.74, 6) is 0.990. The van der Waals surface area contributed by atoms with Crippen molar-refractivity contribution >= 4 is 0 Å². The van der Waals surface area contributed by atoms with Crippen molar-refractivity contribution in [2.24, 2.45) is 0 Å². The van der Waals surface area contributed by atoms with E-state index in [4.69, 9.17) is 0 Å². The van der Waals surface area contributed by atoms with E-state index < -0.39 is 0 Å². The van der Waals surface area contributed by atoms with Gasteiger partial charge in [0.05, 0.1) is 0 Å². The van der Waals surface area contributed by atoms with Gasteiger partial charge in [0.15, 0.2) is 0 Å². The zero-order chi connectivity index (χ0) is 28.3. The minimum atomic E-state index is 0.0537. The Balaban J connectivity index is 1.96. The van der Waals surface area contributed by atoms with Crippen molar-refractivity contribution in [3.63, 3.8) is 0 Å². The molecule has 1 unspecified atom stereocenters. The molecule has 0 fully saturated rings. The summed E-state index contributed by atoms with van der Waals surface area (Å²) in [7, 11) is 0. The van der Waals surface area contributed by atoms with Crippen molar-refractivity contribution in [2.75, 3.05) is 0 Å². The molecule has 3 rings (SSSR count). The first-order valence-electron chi connectivity index (χ1n) is 13.3. The van der Waals surface area contributed by atoms with Gasteiger partial charge in [0, 0.05) is 12.3 Å². The molecule has 0 aliphatic carbocycles. The molecule has 3 N–H and O–H groups in total. The maximum absolute atomic E-state index is 10.9. The average Bonchev–Trinajstić information content (AvgIpc) is 2.86. The van der Waals surface area contributed by atoms with Gasteiger partial charge in [-0.1, -0.05) is 55.5 Å². The highest BCUT2D eigenvalue weighted by atomic mass is 16.3. The van der Waals surface area contributed by atoms with Crippen molar-refractivity contribution in [3.05, 3.63) is 122 Å². The number of phenols is 3. The lowest BCUT2D eigenvalue weighted by Crippen LogP contribution is -2.03. The smallest absolute Gasteiger partial charge is 0.122 e. The molecule has 0 heterocycles. The predicted octanol–water partition coefficient (Wildman–Crippen LogP) is 8.73. The molecule has 1 atom stereocenters. The molecule has 0 aliphatic rings. The molecule has 0 amide bonds. The quantitative estimate of drug-likeness (QED) is 0.266. The Bertz CT molecular complexity index is 1440. The van der Waals surface area contributed by atoms with Crippen LogP contribution in [0.15, 0.2) is 71.8 Å². The van der Waals surface area contributed by atoms with Crippen LogP contribution >= 0.6 is 0 Å². The molecule has 0 saturated carbocycles. The van der Waals surface area contributed by atoms with E-state index in [0.717, 1.165) is 56.5 Å². The van der Waals surface area contributed by atoms with E-state index in [1.54, 1.807) is 6.07 Å². The van der Waals surface area contributed by atoms with E-state index in [2.05, 4.69) is 44.7 Å². The highest BCUT2D eigenvalue weighted by molar-refractivity contribution is 5.52. The Labute approximate surface area is 228 Å². The van der Waals surface area contributed by atoms with Crippen molar-refractivity contribution in [1.82, 2.24) is 0 Å². The Kier molecular flexibility index (Phi) is 8.93. The minimum absolute atomic E-state index is 0.0537. The van der Waals surface area contributed by atoms with Gasteiger partial charge in [0.1, 0.15) is 17.2 Å². The number of hydrogen-bond donors (Lipinski definition) is 3. The summed E-state index contributed by atoms with van der Waals surface area (Å²) in [5.41, 5.74) is 12.3. The summed E-state index contributed by atoms with van der Waals surface area (Å²) in [6.45, 7) is 20.6. The third kappa shape index (κ3) is 6.39. The van der Waals surface area contributed by atoms with E-state index in [9.17, 15) is 15.3 Å². The van der Waals surface area contributed by atoms with Crippen LogP contribution in [0.1, 0.15) is 76.8 Å². The standard InChI is InChI=1S/C35H42O3/c1-10-20(2)28(17-29-12-24(6)33(36)15-22(29)4)11-21(3)27(9)31-14-26(8)35(38)32(19-31)18-30-13-25(7)34(37)16-23(30)5/h10-16,19,27,36-38H,3,17-18H2,1-2,4-9H3. The molecule has 3 aromatic carbocycles. The Morgan fingerprint density at radius 1 is 0.763 bits per heavy atom. The molecule has 3 aromatic rings. The van der Waals surface area contributed by atoms with Crippen LogP contribution in [0.4, 0.5) is 0 Å². The van der Waals surface area contributed by atoms with Crippen LogP contribution in [0.5, 0.6) is 17.2 Å². The van der Waals surface area contributed by atoms with Crippen LogP contribution in [0.3, 0.4) is 0 Å². The molecular weight excluding hydrogens is 468 g/mol. The number of allylic oxidation sites excluding steroid dienone is 5. The first kappa shape index (κ1) is 28.8. The molecule has 200 valence electrons. The van der Waals surface area contributed by atoms with Crippen molar-refractivity contribution in [3.8, 4) is 17.2 Å². The van der Waals surface area contributed by atoms with Gasteiger partial charge >= 0.3 is 0 Å². The number of aromatic hydroxyl groups is 3. The first-order chi connectivity index (χ1) is 17.8. The number of benzene rings is 3. The second-order valence-electron chi connectivity index (χ2n) is 10.8. The Morgan fingerprint density at radius 2 is 1.32 bits per heavy atom. The molecule has 3 heteroatoms. The summed E-state index contributed by atoms with van der Waals surface area (Å²) in [6, 6.07) is 11.8. The minimum Gasteiger partial charge on any atom is -0.508 e. The van der Waals surface area contributed by atoms with Crippen LogP contribution in [-0.2, 0) is 12.8 Å². The van der Waals surface area contributed by atoms with Crippen LogP contribution in [0.25, 0.3) is 0 Å². The normalized spacial score (nSPS) is 13.1. The molecular formula is C35H42O3. The molecule has 0 radical (unpaired) electrons. The van der Waals surface area contributed by atoms with Gasteiger partial charge in [-0.3, -0.25) is 0 Å². The lowest BCUT2D eigenvalue weighted by Gasteiger charge is -2.19. The summed E-state index contributed by atoms with van der Waals surface area (Å²) in [5, 5.41) is 31.0. The monoisotopic (exact) mass is 510 g/mol. The van der Waals surface area contributed by atoms with Gasteiger partial charge in [-0.2, -0.15) is 0 Å². The highest BCUT2D eigenvalue weighted by Crippen LogP contribution is 2.35. The number of aryl methyl sites for hydroxylation is 5. The van der Waals surface area contributed by atoms with Gasteiger partial charge in [-0.05, 0) is 128 Å². The number of rotatable bonds is 8. The second kappa shape index (κ2) is 11.8. The lowest BCUT2D eigenvalue weighted by atomic mass is 9.86. The molecule has 0 aliphatic heterocycles. The molecule has 0 bridgehead atoms. The Hall–Kier alpha value is -3.72. The second-order valence-corrected chi connectivity index (χ2v) is 10.8. The molecule has 0 spiro atoms. The fourth-order valence-electron chi connectivity index (χ4n) is 4.83. The van der Waals surface area contributed by atoms with E-state index in [1.165, 1.54) is 16.7 Å². The van der Waals surface area contributed by atoms with Gasteiger partial charge in [-0.15, -0.1) is 0 Å². The zero-order valence-electron chi connectivity index (χ0n) is 24.2. The molecule has 38 heavy (non-hydrogen) atoms. The summed E-state index contributed by atoms with van der Waals surface area (Å²) < 4.78 is 0. The van der Waals surface area contributed by atoms with Crippen LogP contribution in [-0.4, -0.2) is 15.3 Å². The van der Waals surface area contributed by atoms with Crippen molar-refractivity contribution in [2.45, 2.75) is 74.1 Å². The fraction of sp³-hybridized carbons (Fsp3) is 0.314. The van der Waals surface area contributed by atoms with Gasteiger partial charge < -0.3 is 15.3 Å². The molecule has 0 saturated heterocycles. The third-order valence-electron chi connectivity index (χ3n) is 7.83. The van der Waals surface area contributed by atoms with Crippen molar-refractivity contribution in [1.29, 1.82) is 0 Å². The third-order valence-corrected chi connectivity index (χ3v) is 7.83. The SMILES string of the molecule is C=C(C=C(Cc1cc(C)c(O)cc1C)C(C)=CC)C(C)c1cc(C)c(O)c(Cc2cc(C)c(O)cc2C)c1. The predicted molar refractivity (Wildman–Crippen MR) is 160 cm³/mol. The van der Waals surface area contributed by atoms with E-state index >= 15 is 0 Å². The van der Waals surface area contributed by atoms with Crippen LogP contribution < -0.4 is 0 Å². The lowest BCUT2D eigenvalue weighted by molar-refractivity contribution is 0.464. The van der Waals surface area contributed by atoms with Crippen LogP contribution in [0, 0.1) is 34.6 Å². The summed E-state index contributed by atoms with van der Waals surface area (Å²) >= 11 is 0. The average molecular weight is 511 g/mol. The van der Waals surface area contributed by atoms with Crippen molar-refractivity contribution < 1.29 is 15.3 Å². The zero-order valence-corrected chi connectivity index (χ0v) is 24.2. The van der Waals surface area contributed by atoms with E-state index in [-0.39, 0.29) is 5.92 Å². The maximum atomic E-state index is 10.9. The summed E-state index contributed by atoms with van der Waals surface area (Å²) in [4.78, 5) is 0.